The maximum Gasteiger partial charge on any atom is 0.232 e. The van der Waals surface area contributed by atoms with Gasteiger partial charge >= 0.3 is 0 Å². The molecule has 0 aliphatic heterocycles. The fourth-order valence-electron chi connectivity index (χ4n) is 3.09. The normalized spacial score (nSPS) is 10.9. The quantitative estimate of drug-likeness (QED) is 0.481. The highest BCUT2D eigenvalue weighted by atomic mass is 32.2. The number of hydrogen-bond acceptors (Lipinski definition) is 5. The average Bonchev–Trinajstić information content (AvgIpc) is 2.78. The monoisotopic (exact) mass is 454 g/mol. The van der Waals surface area contributed by atoms with Crippen molar-refractivity contribution >= 4 is 27.3 Å². The zero-order valence-electron chi connectivity index (χ0n) is 18.0. The molecular weight excluding hydrogens is 428 g/mol. The summed E-state index contributed by atoms with van der Waals surface area (Å²) in [4.78, 5) is 12.3. The first-order valence-corrected chi connectivity index (χ1v) is 11.9. The Balaban J connectivity index is 1.53. The SMILES string of the molecule is COc1cccc(N(CCCC(=O)Nc2ccc(Oc3ccccc3)cc2)S(C)(=O)=O)c1. The van der Waals surface area contributed by atoms with Crippen LogP contribution in [0.5, 0.6) is 17.2 Å². The molecule has 0 unspecified atom stereocenters. The minimum atomic E-state index is -3.50. The number of benzene rings is 3. The van der Waals surface area contributed by atoms with Crippen molar-refractivity contribution < 1.29 is 22.7 Å². The Morgan fingerprint density at radius 1 is 0.906 bits per heavy atom. The summed E-state index contributed by atoms with van der Waals surface area (Å²) in [5.74, 6) is 1.77. The summed E-state index contributed by atoms with van der Waals surface area (Å²) in [7, 11) is -1.98. The second kappa shape index (κ2) is 10.7. The third kappa shape index (κ3) is 6.75. The van der Waals surface area contributed by atoms with Gasteiger partial charge in [0.2, 0.25) is 15.9 Å². The minimum absolute atomic E-state index is 0.179. The minimum Gasteiger partial charge on any atom is -0.497 e. The van der Waals surface area contributed by atoms with E-state index in [1.54, 1.807) is 48.5 Å². The van der Waals surface area contributed by atoms with Gasteiger partial charge in [-0.2, -0.15) is 0 Å². The van der Waals surface area contributed by atoms with E-state index in [-0.39, 0.29) is 18.9 Å². The van der Waals surface area contributed by atoms with E-state index in [9.17, 15) is 13.2 Å². The van der Waals surface area contributed by atoms with Gasteiger partial charge < -0.3 is 14.8 Å². The van der Waals surface area contributed by atoms with Crippen molar-refractivity contribution in [3.63, 3.8) is 0 Å². The Morgan fingerprint density at radius 3 is 2.22 bits per heavy atom. The molecule has 3 aromatic rings. The molecule has 0 spiro atoms. The van der Waals surface area contributed by atoms with E-state index in [1.807, 2.05) is 30.3 Å². The maximum absolute atomic E-state index is 12.3. The molecule has 32 heavy (non-hydrogen) atoms. The molecule has 0 fully saturated rings. The number of methoxy groups -OCH3 is 1. The Labute approximate surface area is 188 Å². The summed E-state index contributed by atoms with van der Waals surface area (Å²) < 4.78 is 36.7. The van der Waals surface area contributed by atoms with Gasteiger partial charge in [0.25, 0.3) is 0 Å². The summed E-state index contributed by atoms with van der Waals surface area (Å²) in [6.07, 6.45) is 1.69. The van der Waals surface area contributed by atoms with Gasteiger partial charge in [-0.1, -0.05) is 24.3 Å². The molecular formula is C24H26N2O5S. The largest absolute Gasteiger partial charge is 0.497 e. The molecule has 0 atom stereocenters. The predicted molar refractivity (Wildman–Crippen MR) is 126 cm³/mol. The number of ether oxygens (including phenoxy) is 2. The molecule has 1 amide bonds. The lowest BCUT2D eigenvalue weighted by atomic mass is 10.2. The molecule has 3 rings (SSSR count). The highest BCUT2D eigenvalue weighted by Gasteiger charge is 2.18. The van der Waals surface area contributed by atoms with Crippen LogP contribution in [0.3, 0.4) is 0 Å². The Kier molecular flexibility index (Phi) is 7.72. The number of sulfonamides is 1. The topological polar surface area (TPSA) is 84.9 Å². The highest BCUT2D eigenvalue weighted by molar-refractivity contribution is 7.92. The maximum atomic E-state index is 12.3. The van der Waals surface area contributed by atoms with Crippen LogP contribution in [0.15, 0.2) is 78.9 Å². The Bertz CT molecular complexity index is 1130. The highest BCUT2D eigenvalue weighted by Crippen LogP contribution is 2.24. The molecule has 3 aromatic carbocycles. The van der Waals surface area contributed by atoms with Crippen molar-refractivity contribution in [2.75, 3.05) is 29.5 Å². The summed E-state index contributed by atoms with van der Waals surface area (Å²) in [6, 6.07) is 23.3. The lowest BCUT2D eigenvalue weighted by Crippen LogP contribution is -2.31. The Hall–Kier alpha value is -3.52. The van der Waals surface area contributed by atoms with E-state index in [0.717, 1.165) is 12.0 Å². The molecule has 1 N–H and O–H groups in total. The summed E-state index contributed by atoms with van der Waals surface area (Å²) in [6.45, 7) is 0.184. The number of nitrogens with one attached hydrogen (secondary N) is 1. The fourth-order valence-corrected chi connectivity index (χ4v) is 4.05. The van der Waals surface area contributed by atoms with Crippen LogP contribution in [-0.4, -0.2) is 34.2 Å². The zero-order chi connectivity index (χ0) is 23.0. The smallest absolute Gasteiger partial charge is 0.232 e. The van der Waals surface area contributed by atoms with Gasteiger partial charge in [0.05, 0.1) is 19.1 Å². The van der Waals surface area contributed by atoms with Crippen LogP contribution in [0.2, 0.25) is 0 Å². The number of carbonyl (C=O) groups is 1. The fraction of sp³-hybridized carbons (Fsp3) is 0.208. The van der Waals surface area contributed by atoms with Crippen LogP contribution in [0.1, 0.15) is 12.8 Å². The second-order valence-corrected chi connectivity index (χ2v) is 9.03. The van der Waals surface area contributed by atoms with Gasteiger partial charge in [-0.3, -0.25) is 9.10 Å². The molecule has 0 aliphatic carbocycles. The van der Waals surface area contributed by atoms with Crippen molar-refractivity contribution in [2.24, 2.45) is 0 Å². The first-order valence-electron chi connectivity index (χ1n) is 10.1. The van der Waals surface area contributed by atoms with Crippen molar-refractivity contribution in [3.8, 4) is 17.2 Å². The number of para-hydroxylation sites is 1. The molecule has 7 nitrogen and oxygen atoms in total. The number of nitrogens with zero attached hydrogens (tertiary/aromatic N) is 1. The first-order chi connectivity index (χ1) is 15.3. The first kappa shape index (κ1) is 23.1. The molecule has 0 aliphatic rings. The van der Waals surface area contributed by atoms with E-state index >= 15 is 0 Å². The van der Waals surface area contributed by atoms with Gasteiger partial charge in [0, 0.05) is 24.7 Å². The average molecular weight is 455 g/mol. The number of rotatable bonds is 10. The van der Waals surface area contributed by atoms with Gasteiger partial charge in [-0.05, 0) is 55.0 Å². The van der Waals surface area contributed by atoms with Crippen LogP contribution in [0.25, 0.3) is 0 Å². The summed E-state index contributed by atoms with van der Waals surface area (Å²) in [5, 5.41) is 2.82. The molecule has 0 saturated carbocycles. The molecule has 0 saturated heterocycles. The van der Waals surface area contributed by atoms with E-state index in [0.29, 0.717) is 29.3 Å². The summed E-state index contributed by atoms with van der Waals surface area (Å²) >= 11 is 0. The summed E-state index contributed by atoms with van der Waals surface area (Å²) in [5.41, 5.74) is 1.14. The molecule has 168 valence electrons. The van der Waals surface area contributed by atoms with E-state index < -0.39 is 10.0 Å². The lowest BCUT2D eigenvalue weighted by molar-refractivity contribution is -0.116. The van der Waals surface area contributed by atoms with Crippen LogP contribution in [-0.2, 0) is 14.8 Å². The molecule has 0 radical (unpaired) electrons. The van der Waals surface area contributed by atoms with Gasteiger partial charge in [0.1, 0.15) is 17.2 Å². The van der Waals surface area contributed by atoms with E-state index in [1.165, 1.54) is 11.4 Å². The van der Waals surface area contributed by atoms with Gasteiger partial charge in [-0.15, -0.1) is 0 Å². The van der Waals surface area contributed by atoms with E-state index in [4.69, 9.17) is 9.47 Å². The van der Waals surface area contributed by atoms with Crippen LogP contribution in [0.4, 0.5) is 11.4 Å². The standard InChI is InChI=1S/C24H26N2O5S/c1-30-23-11-6-8-20(18-23)26(32(2,28)29)17-7-12-24(27)25-19-13-15-22(16-14-19)31-21-9-4-3-5-10-21/h3-6,8-11,13-16,18H,7,12,17H2,1-2H3,(H,25,27). The third-order valence-corrected chi connectivity index (χ3v) is 5.82. The van der Waals surface area contributed by atoms with E-state index in [2.05, 4.69) is 5.32 Å². The second-order valence-electron chi connectivity index (χ2n) is 7.13. The molecule has 0 heterocycles. The molecule has 8 heteroatoms. The van der Waals surface area contributed by atoms with Crippen molar-refractivity contribution in [3.05, 3.63) is 78.9 Å². The third-order valence-electron chi connectivity index (χ3n) is 4.62. The number of carbonyl (C=O) groups excluding carboxylic acids is 1. The predicted octanol–water partition coefficient (Wildman–Crippen LogP) is 4.67. The number of amides is 1. The van der Waals surface area contributed by atoms with Gasteiger partial charge in [-0.25, -0.2) is 8.42 Å². The molecule has 0 bridgehead atoms. The van der Waals surface area contributed by atoms with Crippen LogP contribution >= 0.6 is 0 Å². The van der Waals surface area contributed by atoms with Gasteiger partial charge in [0.15, 0.2) is 0 Å². The number of anilines is 2. The van der Waals surface area contributed by atoms with Crippen molar-refractivity contribution in [1.82, 2.24) is 0 Å². The van der Waals surface area contributed by atoms with Crippen LogP contribution < -0.4 is 19.1 Å². The lowest BCUT2D eigenvalue weighted by Gasteiger charge is -2.22. The zero-order valence-corrected chi connectivity index (χ0v) is 18.8. The number of hydrogen-bond donors (Lipinski definition) is 1. The van der Waals surface area contributed by atoms with Crippen LogP contribution in [0, 0.1) is 0 Å². The molecule has 0 aromatic heterocycles. The van der Waals surface area contributed by atoms with Crippen molar-refractivity contribution in [2.45, 2.75) is 12.8 Å². The Morgan fingerprint density at radius 2 is 1.56 bits per heavy atom. The van der Waals surface area contributed by atoms with Crippen molar-refractivity contribution in [1.29, 1.82) is 0 Å².